The topological polar surface area (TPSA) is 70.8 Å². The lowest BCUT2D eigenvalue weighted by Crippen LogP contribution is -2.50. The number of amides is 1. The van der Waals surface area contributed by atoms with E-state index in [2.05, 4.69) is 13.8 Å². The summed E-state index contributed by atoms with van der Waals surface area (Å²) in [6.45, 7) is 5.23. The maximum absolute atomic E-state index is 12.8. The van der Waals surface area contributed by atoms with Gasteiger partial charge in [0.05, 0.1) is 16.7 Å². The number of sulfonamides is 1. The van der Waals surface area contributed by atoms with Crippen LogP contribution < -0.4 is 0 Å². The van der Waals surface area contributed by atoms with Gasteiger partial charge in [0.1, 0.15) is 0 Å². The number of rotatable bonds is 4. The minimum atomic E-state index is -3.56. The van der Waals surface area contributed by atoms with Crippen molar-refractivity contribution in [3.63, 3.8) is 0 Å². The zero-order valence-corrected chi connectivity index (χ0v) is 16.3. The number of carbonyl (C=O) groups is 1. The third-order valence-corrected chi connectivity index (χ3v) is 6.76. The van der Waals surface area contributed by atoms with Crippen LogP contribution in [-0.2, 0) is 10.0 Å². The minimum absolute atomic E-state index is 0.0512. The zero-order valence-electron chi connectivity index (χ0n) is 14.7. The predicted octanol–water partition coefficient (Wildman–Crippen LogP) is 3.20. The lowest BCUT2D eigenvalue weighted by molar-refractivity contribution is 0.0697. The van der Waals surface area contributed by atoms with E-state index in [1.165, 1.54) is 16.6 Å². The molecule has 0 atom stereocenters. The van der Waals surface area contributed by atoms with Gasteiger partial charge in [0, 0.05) is 26.2 Å². The molecule has 6 nitrogen and oxygen atoms in total. The van der Waals surface area contributed by atoms with Gasteiger partial charge in [-0.15, -0.1) is 0 Å². The number of benzene rings is 1. The number of nitrogens with zero attached hydrogens (tertiary/aromatic N) is 2. The first kappa shape index (κ1) is 18.9. The summed E-state index contributed by atoms with van der Waals surface area (Å²) in [5.41, 5.74) is 1.39. The summed E-state index contributed by atoms with van der Waals surface area (Å²) in [6.07, 6.45) is 1.36. The summed E-state index contributed by atoms with van der Waals surface area (Å²) in [6, 6.07) is 8.50. The van der Waals surface area contributed by atoms with Crippen molar-refractivity contribution in [1.82, 2.24) is 9.21 Å². The second-order valence-electron chi connectivity index (χ2n) is 6.53. The Balaban J connectivity index is 1.68. The number of piperazine rings is 1. The van der Waals surface area contributed by atoms with Crippen LogP contribution in [0.5, 0.6) is 0 Å². The Morgan fingerprint density at radius 2 is 1.69 bits per heavy atom. The van der Waals surface area contributed by atoms with Crippen LogP contribution in [0.25, 0.3) is 0 Å². The largest absolute Gasteiger partial charge is 0.452 e. The second-order valence-corrected chi connectivity index (χ2v) is 8.81. The van der Waals surface area contributed by atoms with Crippen LogP contribution >= 0.6 is 11.6 Å². The number of furan rings is 1. The third kappa shape index (κ3) is 3.65. The lowest BCUT2D eigenvalue weighted by atomic mass is 10.0. The molecular formula is C18H21ClN2O4S. The van der Waals surface area contributed by atoms with Crippen molar-refractivity contribution in [3.05, 3.63) is 52.9 Å². The maximum atomic E-state index is 12.8. The Labute approximate surface area is 158 Å². The summed E-state index contributed by atoms with van der Waals surface area (Å²) in [7, 11) is -3.56. The van der Waals surface area contributed by atoms with E-state index in [1.54, 1.807) is 17.0 Å². The monoisotopic (exact) mass is 396 g/mol. The van der Waals surface area contributed by atoms with Gasteiger partial charge in [-0.2, -0.15) is 4.31 Å². The molecule has 0 unspecified atom stereocenters. The van der Waals surface area contributed by atoms with E-state index in [1.807, 2.05) is 12.1 Å². The van der Waals surface area contributed by atoms with E-state index in [4.69, 9.17) is 16.0 Å². The van der Waals surface area contributed by atoms with Crippen molar-refractivity contribution in [2.24, 2.45) is 0 Å². The van der Waals surface area contributed by atoms with Crippen molar-refractivity contribution < 1.29 is 17.6 Å². The molecular weight excluding hydrogens is 376 g/mol. The van der Waals surface area contributed by atoms with Gasteiger partial charge in [-0.25, -0.2) is 8.42 Å². The predicted molar refractivity (Wildman–Crippen MR) is 98.9 cm³/mol. The molecule has 0 radical (unpaired) electrons. The molecule has 0 aliphatic carbocycles. The SMILES string of the molecule is CC(C)c1ccc(S(=O)(=O)N2CCN(C(=O)c3ccoc3Cl)CC2)cc1. The highest BCUT2D eigenvalue weighted by Gasteiger charge is 2.31. The van der Waals surface area contributed by atoms with E-state index < -0.39 is 10.0 Å². The molecule has 26 heavy (non-hydrogen) atoms. The highest BCUT2D eigenvalue weighted by molar-refractivity contribution is 7.89. The molecule has 1 aliphatic heterocycles. The molecule has 2 aromatic rings. The van der Waals surface area contributed by atoms with Crippen molar-refractivity contribution >= 4 is 27.5 Å². The van der Waals surface area contributed by atoms with Gasteiger partial charge in [-0.3, -0.25) is 4.79 Å². The van der Waals surface area contributed by atoms with Gasteiger partial charge in [-0.1, -0.05) is 26.0 Å². The van der Waals surface area contributed by atoms with E-state index in [9.17, 15) is 13.2 Å². The average molecular weight is 397 g/mol. The summed E-state index contributed by atoms with van der Waals surface area (Å²) in [4.78, 5) is 14.3. The molecule has 1 fully saturated rings. The molecule has 1 aromatic heterocycles. The Morgan fingerprint density at radius 3 is 2.19 bits per heavy atom. The first-order valence-electron chi connectivity index (χ1n) is 8.43. The molecule has 1 amide bonds. The molecule has 3 rings (SSSR count). The highest BCUT2D eigenvalue weighted by Crippen LogP contribution is 2.23. The third-order valence-electron chi connectivity index (χ3n) is 4.56. The Hall–Kier alpha value is -1.83. The fourth-order valence-corrected chi connectivity index (χ4v) is 4.54. The van der Waals surface area contributed by atoms with Gasteiger partial charge < -0.3 is 9.32 Å². The molecule has 0 saturated carbocycles. The smallest absolute Gasteiger partial charge is 0.258 e. The van der Waals surface area contributed by atoms with Crippen LogP contribution in [-0.4, -0.2) is 49.7 Å². The maximum Gasteiger partial charge on any atom is 0.258 e. The van der Waals surface area contributed by atoms with E-state index >= 15 is 0 Å². The van der Waals surface area contributed by atoms with Gasteiger partial charge in [0.25, 0.3) is 5.91 Å². The molecule has 140 valence electrons. The van der Waals surface area contributed by atoms with Crippen LogP contribution in [0.15, 0.2) is 45.9 Å². The molecule has 2 heterocycles. The summed E-state index contributed by atoms with van der Waals surface area (Å²) >= 11 is 5.85. The minimum Gasteiger partial charge on any atom is -0.452 e. The van der Waals surface area contributed by atoms with E-state index in [0.717, 1.165) is 5.56 Å². The van der Waals surface area contributed by atoms with Gasteiger partial charge in [0.2, 0.25) is 15.2 Å². The molecule has 1 aliphatic rings. The van der Waals surface area contributed by atoms with E-state index in [-0.39, 0.29) is 29.1 Å². The first-order chi connectivity index (χ1) is 12.3. The standard InChI is InChI=1S/C18H21ClN2O4S/c1-13(2)14-3-5-15(6-4-14)26(23,24)21-10-8-20(9-11-21)18(22)16-7-12-25-17(16)19/h3-7,12-13H,8-11H2,1-2H3. The lowest BCUT2D eigenvalue weighted by Gasteiger charge is -2.33. The molecule has 1 aromatic carbocycles. The van der Waals surface area contributed by atoms with Gasteiger partial charge >= 0.3 is 0 Å². The Morgan fingerprint density at radius 1 is 1.08 bits per heavy atom. The molecule has 0 N–H and O–H groups in total. The molecule has 1 saturated heterocycles. The van der Waals surface area contributed by atoms with Crippen molar-refractivity contribution in [3.8, 4) is 0 Å². The summed E-state index contributed by atoms with van der Waals surface area (Å²) in [5.74, 6) is 0.0955. The number of hydrogen-bond acceptors (Lipinski definition) is 4. The quantitative estimate of drug-likeness (QED) is 0.795. The van der Waals surface area contributed by atoms with Gasteiger partial charge in [0.15, 0.2) is 0 Å². The number of halogens is 1. The fourth-order valence-electron chi connectivity index (χ4n) is 2.92. The van der Waals surface area contributed by atoms with Crippen molar-refractivity contribution in [2.45, 2.75) is 24.7 Å². The van der Waals surface area contributed by atoms with Crippen LogP contribution in [0.1, 0.15) is 35.7 Å². The zero-order chi connectivity index (χ0) is 18.9. The summed E-state index contributed by atoms with van der Waals surface area (Å²) < 4.78 is 32.0. The van der Waals surface area contributed by atoms with Crippen LogP contribution in [0.4, 0.5) is 0 Å². The Kier molecular flexibility index (Phi) is 5.41. The van der Waals surface area contributed by atoms with Crippen LogP contribution in [0.2, 0.25) is 5.22 Å². The normalized spacial score (nSPS) is 16.2. The first-order valence-corrected chi connectivity index (χ1v) is 10.2. The Bertz CT molecular complexity index is 882. The number of hydrogen-bond donors (Lipinski definition) is 0. The summed E-state index contributed by atoms with van der Waals surface area (Å²) in [5, 5.41) is 0.0512. The molecule has 8 heteroatoms. The number of carbonyl (C=O) groups excluding carboxylic acids is 1. The highest BCUT2D eigenvalue weighted by atomic mass is 35.5. The van der Waals surface area contributed by atoms with E-state index in [0.29, 0.717) is 24.6 Å². The van der Waals surface area contributed by atoms with Gasteiger partial charge in [-0.05, 0) is 41.3 Å². The molecule has 0 spiro atoms. The van der Waals surface area contributed by atoms with Crippen molar-refractivity contribution in [1.29, 1.82) is 0 Å². The van der Waals surface area contributed by atoms with Crippen LogP contribution in [0, 0.1) is 0 Å². The van der Waals surface area contributed by atoms with Crippen molar-refractivity contribution in [2.75, 3.05) is 26.2 Å². The average Bonchev–Trinajstić information content (AvgIpc) is 3.07. The fraction of sp³-hybridized carbons (Fsp3) is 0.389. The second kappa shape index (κ2) is 7.42. The van der Waals surface area contributed by atoms with Crippen LogP contribution in [0.3, 0.4) is 0 Å². The molecule has 0 bridgehead atoms.